The number of rotatable bonds is 7. The first-order chi connectivity index (χ1) is 6.72. The molecule has 0 radical (unpaired) electrons. The summed E-state index contributed by atoms with van der Waals surface area (Å²) in [5.74, 6) is 1.78. The Morgan fingerprint density at radius 1 is 1.07 bits per heavy atom. The fraction of sp³-hybridized carbons (Fsp3) is 1.00. The third kappa shape index (κ3) is 10.0. The van der Waals surface area contributed by atoms with Crippen LogP contribution in [0.5, 0.6) is 0 Å². The van der Waals surface area contributed by atoms with Gasteiger partial charge in [-0.25, -0.2) is 0 Å². The molecule has 1 N–H and O–H groups in total. The molecule has 1 unspecified atom stereocenters. The molecule has 0 aromatic heterocycles. The van der Waals surface area contributed by atoms with Crippen LogP contribution in [0.4, 0.5) is 0 Å². The van der Waals surface area contributed by atoms with E-state index in [2.05, 4.69) is 26.1 Å². The zero-order chi connectivity index (χ0) is 11.4. The van der Waals surface area contributed by atoms with Crippen LogP contribution in [-0.4, -0.2) is 13.6 Å². The second-order valence-corrected chi connectivity index (χ2v) is 4.04. The van der Waals surface area contributed by atoms with Crippen LogP contribution in [0.2, 0.25) is 0 Å². The molecule has 0 aromatic carbocycles. The Bertz CT molecular complexity index is 81.2. The SMILES string of the molecule is CC.CCCCC(CCNC)C(C)C. The van der Waals surface area contributed by atoms with Crippen LogP contribution in [0.1, 0.15) is 60.3 Å². The zero-order valence-corrected chi connectivity index (χ0v) is 11.2. The van der Waals surface area contributed by atoms with Crippen molar-refractivity contribution in [2.24, 2.45) is 11.8 Å². The molecule has 88 valence electrons. The Hall–Kier alpha value is -0.0400. The van der Waals surface area contributed by atoms with E-state index in [9.17, 15) is 0 Å². The molecule has 0 aliphatic heterocycles. The normalized spacial score (nSPS) is 12.2. The molecule has 0 bridgehead atoms. The van der Waals surface area contributed by atoms with E-state index in [1.54, 1.807) is 0 Å². The monoisotopic (exact) mass is 201 g/mol. The number of nitrogens with one attached hydrogen (secondary N) is 1. The molecule has 0 aromatic rings. The first-order valence-corrected chi connectivity index (χ1v) is 6.37. The maximum atomic E-state index is 3.23. The summed E-state index contributed by atoms with van der Waals surface area (Å²) in [7, 11) is 2.04. The number of hydrogen-bond donors (Lipinski definition) is 1. The predicted octanol–water partition coefficient (Wildman–Crippen LogP) is 4.08. The lowest BCUT2D eigenvalue weighted by atomic mass is 9.88. The fourth-order valence-corrected chi connectivity index (χ4v) is 1.61. The van der Waals surface area contributed by atoms with Gasteiger partial charge in [-0.15, -0.1) is 0 Å². The molecule has 0 rings (SSSR count). The van der Waals surface area contributed by atoms with Crippen LogP contribution in [0.25, 0.3) is 0 Å². The summed E-state index contributed by atoms with van der Waals surface area (Å²) in [5.41, 5.74) is 0. The summed E-state index contributed by atoms with van der Waals surface area (Å²) < 4.78 is 0. The maximum absolute atomic E-state index is 3.23. The summed E-state index contributed by atoms with van der Waals surface area (Å²) >= 11 is 0. The first kappa shape index (κ1) is 16.4. The highest BCUT2D eigenvalue weighted by molar-refractivity contribution is 4.64. The topological polar surface area (TPSA) is 12.0 Å². The van der Waals surface area contributed by atoms with Gasteiger partial charge in [-0.2, -0.15) is 0 Å². The van der Waals surface area contributed by atoms with Gasteiger partial charge in [0.25, 0.3) is 0 Å². The van der Waals surface area contributed by atoms with Crippen molar-refractivity contribution >= 4 is 0 Å². The maximum Gasteiger partial charge on any atom is -0.00492 e. The first-order valence-electron chi connectivity index (χ1n) is 6.37. The quantitative estimate of drug-likeness (QED) is 0.654. The zero-order valence-electron chi connectivity index (χ0n) is 11.2. The highest BCUT2D eigenvalue weighted by Gasteiger charge is 2.11. The minimum absolute atomic E-state index is 0.852. The Morgan fingerprint density at radius 3 is 2.00 bits per heavy atom. The molecular weight excluding hydrogens is 170 g/mol. The molecule has 0 amide bonds. The molecule has 0 heterocycles. The van der Waals surface area contributed by atoms with Gasteiger partial charge in [0.2, 0.25) is 0 Å². The molecule has 0 aliphatic rings. The van der Waals surface area contributed by atoms with Crippen LogP contribution >= 0.6 is 0 Å². The molecule has 1 nitrogen and oxygen atoms in total. The minimum Gasteiger partial charge on any atom is -0.320 e. The van der Waals surface area contributed by atoms with E-state index in [-0.39, 0.29) is 0 Å². The third-order valence-electron chi connectivity index (χ3n) is 2.64. The van der Waals surface area contributed by atoms with E-state index >= 15 is 0 Å². The Kier molecular flexibility index (Phi) is 15.2. The molecule has 0 spiro atoms. The highest BCUT2D eigenvalue weighted by atomic mass is 14.8. The smallest absolute Gasteiger partial charge is 0.00492 e. The van der Waals surface area contributed by atoms with Gasteiger partial charge in [-0.1, -0.05) is 53.9 Å². The van der Waals surface area contributed by atoms with Crippen LogP contribution in [0.15, 0.2) is 0 Å². The lowest BCUT2D eigenvalue weighted by molar-refractivity contribution is 0.326. The second-order valence-electron chi connectivity index (χ2n) is 4.04. The number of hydrogen-bond acceptors (Lipinski definition) is 1. The van der Waals surface area contributed by atoms with Gasteiger partial charge in [-0.05, 0) is 31.8 Å². The van der Waals surface area contributed by atoms with Crippen molar-refractivity contribution in [2.75, 3.05) is 13.6 Å². The second kappa shape index (κ2) is 13.0. The van der Waals surface area contributed by atoms with Crippen molar-refractivity contribution in [1.82, 2.24) is 5.32 Å². The molecular formula is C13H31N. The van der Waals surface area contributed by atoms with Gasteiger partial charge in [0.1, 0.15) is 0 Å². The Morgan fingerprint density at radius 2 is 1.64 bits per heavy atom. The summed E-state index contributed by atoms with van der Waals surface area (Å²) in [5, 5.41) is 3.23. The van der Waals surface area contributed by atoms with E-state index in [0.717, 1.165) is 11.8 Å². The van der Waals surface area contributed by atoms with Crippen LogP contribution in [-0.2, 0) is 0 Å². The lowest BCUT2D eigenvalue weighted by Gasteiger charge is -2.20. The average Bonchev–Trinajstić information content (AvgIpc) is 2.20. The van der Waals surface area contributed by atoms with Crippen molar-refractivity contribution in [3.8, 4) is 0 Å². The molecule has 0 saturated heterocycles. The van der Waals surface area contributed by atoms with Crippen LogP contribution in [0, 0.1) is 11.8 Å². The van der Waals surface area contributed by atoms with Gasteiger partial charge in [0.05, 0.1) is 0 Å². The van der Waals surface area contributed by atoms with Crippen molar-refractivity contribution in [1.29, 1.82) is 0 Å². The largest absolute Gasteiger partial charge is 0.320 e. The summed E-state index contributed by atoms with van der Waals surface area (Å²) in [6.45, 7) is 12.1. The molecule has 0 fully saturated rings. The van der Waals surface area contributed by atoms with E-state index in [0.29, 0.717) is 0 Å². The van der Waals surface area contributed by atoms with Crippen molar-refractivity contribution < 1.29 is 0 Å². The molecule has 1 atom stereocenters. The minimum atomic E-state index is 0.852. The summed E-state index contributed by atoms with van der Waals surface area (Å²) in [6.07, 6.45) is 5.49. The highest BCUT2D eigenvalue weighted by Crippen LogP contribution is 2.20. The van der Waals surface area contributed by atoms with Gasteiger partial charge in [0, 0.05) is 0 Å². The molecule has 1 heteroatoms. The van der Waals surface area contributed by atoms with Crippen molar-refractivity contribution in [3.05, 3.63) is 0 Å². The standard InChI is InChI=1S/C11H25N.C2H6/c1-5-6-7-11(10(2)3)8-9-12-4;1-2/h10-12H,5-9H2,1-4H3;1-2H3. The van der Waals surface area contributed by atoms with Gasteiger partial charge in [0.15, 0.2) is 0 Å². The Balaban J connectivity index is 0. The van der Waals surface area contributed by atoms with Crippen molar-refractivity contribution in [3.63, 3.8) is 0 Å². The van der Waals surface area contributed by atoms with Gasteiger partial charge in [-0.3, -0.25) is 0 Å². The van der Waals surface area contributed by atoms with Gasteiger partial charge >= 0.3 is 0 Å². The lowest BCUT2D eigenvalue weighted by Crippen LogP contribution is -2.17. The fourth-order valence-electron chi connectivity index (χ4n) is 1.61. The van der Waals surface area contributed by atoms with E-state index in [1.807, 2.05) is 20.9 Å². The summed E-state index contributed by atoms with van der Waals surface area (Å²) in [6, 6.07) is 0. The molecule has 0 saturated carbocycles. The third-order valence-corrected chi connectivity index (χ3v) is 2.64. The molecule has 14 heavy (non-hydrogen) atoms. The van der Waals surface area contributed by atoms with Crippen LogP contribution in [0.3, 0.4) is 0 Å². The van der Waals surface area contributed by atoms with Crippen LogP contribution < -0.4 is 5.32 Å². The number of unbranched alkanes of at least 4 members (excludes halogenated alkanes) is 1. The average molecular weight is 201 g/mol. The van der Waals surface area contributed by atoms with E-state index < -0.39 is 0 Å². The molecule has 0 aliphatic carbocycles. The summed E-state index contributed by atoms with van der Waals surface area (Å²) in [4.78, 5) is 0. The van der Waals surface area contributed by atoms with E-state index in [4.69, 9.17) is 0 Å². The predicted molar refractivity (Wildman–Crippen MR) is 67.7 cm³/mol. The van der Waals surface area contributed by atoms with E-state index in [1.165, 1.54) is 32.2 Å². The van der Waals surface area contributed by atoms with Gasteiger partial charge < -0.3 is 5.32 Å². The van der Waals surface area contributed by atoms with Crippen molar-refractivity contribution in [2.45, 2.75) is 60.3 Å². The Labute approximate surface area is 91.7 Å².